The number of likely N-dealkylation sites (tertiary alicyclic amines) is 2. The number of carbonyl (C=O) groups excluding carboxylic acids is 1. The highest BCUT2D eigenvalue weighted by atomic mass is 19.4. The number of aromatic nitrogens is 4. The number of rotatable bonds is 6. The lowest BCUT2D eigenvalue weighted by molar-refractivity contribution is -0.137. The third kappa shape index (κ3) is 5.28. The number of halogens is 3. The molecule has 2 atom stereocenters. The van der Waals surface area contributed by atoms with E-state index >= 15 is 0 Å². The molecule has 1 aromatic carbocycles. The lowest BCUT2D eigenvalue weighted by Crippen LogP contribution is -2.47. The van der Waals surface area contributed by atoms with Gasteiger partial charge >= 0.3 is 6.18 Å². The van der Waals surface area contributed by atoms with E-state index in [0.29, 0.717) is 36.9 Å². The fraction of sp³-hybridized carbons (Fsp3) is 0.452. The lowest BCUT2D eigenvalue weighted by Gasteiger charge is -2.41. The van der Waals surface area contributed by atoms with Crippen LogP contribution in [0.5, 0.6) is 0 Å². The van der Waals surface area contributed by atoms with Crippen molar-refractivity contribution in [3.05, 3.63) is 66.2 Å². The molecule has 3 aromatic heterocycles. The van der Waals surface area contributed by atoms with Crippen molar-refractivity contribution in [2.75, 3.05) is 25.0 Å². The molecule has 1 saturated carbocycles. The van der Waals surface area contributed by atoms with Crippen molar-refractivity contribution in [3.8, 4) is 11.4 Å². The summed E-state index contributed by atoms with van der Waals surface area (Å²) in [6.45, 7) is 1.43. The van der Waals surface area contributed by atoms with Crippen LogP contribution in [-0.2, 0) is 16.6 Å². The Morgan fingerprint density at radius 1 is 1.02 bits per heavy atom. The number of aliphatic hydroxyl groups is 1. The van der Waals surface area contributed by atoms with Gasteiger partial charge in [-0.15, -0.1) is 0 Å². The molecule has 2 saturated heterocycles. The Morgan fingerprint density at radius 2 is 1.80 bits per heavy atom. The average Bonchev–Trinajstić information content (AvgIpc) is 3.76. The summed E-state index contributed by atoms with van der Waals surface area (Å²) < 4.78 is 44.7. The maximum absolute atomic E-state index is 13.2. The van der Waals surface area contributed by atoms with Crippen LogP contribution >= 0.6 is 0 Å². The lowest BCUT2D eigenvalue weighted by atomic mass is 9.79. The van der Waals surface area contributed by atoms with Crippen molar-refractivity contribution in [2.24, 2.45) is 0 Å². The van der Waals surface area contributed by atoms with Crippen molar-refractivity contribution >= 4 is 22.7 Å². The number of pyridine rings is 1. The molecular weight excluding hydrogens is 575 g/mol. The summed E-state index contributed by atoms with van der Waals surface area (Å²) >= 11 is 0. The summed E-state index contributed by atoms with van der Waals surface area (Å²) in [5.41, 5.74) is -0.106. The largest absolute Gasteiger partial charge is 0.416 e. The van der Waals surface area contributed by atoms with Gasteiger partial charge < -0.3 is 19.8 Å². The minimum absolute atomic E-state index is 0.0836. The van der Waals surface area contributed by atoms with Gasteiger partial charge in [-0.25, -0.2) is 9.97 Å². The molecule has 5 heterocycles. The number of fused-ring (bicyclic) bond motifs is 2. The first-order valence-electron chi connectivity index (χ1n) is 14.9. The third-order valence-electron chi connectivity index (χ3n) is 9.46. The van der Waals surface area contributed by atoms with Gasteiger partial charge in [-0.1, -0.05) is 5.16 Å². The molecule has 0 spiro atoms. The summed E-state index contributed by atoms with van der Waals surface area (Å²) in [5.74, 6) is 0.600. The molecule has 0 bridgehead atoms. The Hall–Kier alpha value is -4.10. The van der Waals surface area contributed by atoms with Gasteiger partial charge in [-0.3, -0.25) is 14.7 Å². The minimum Gasteiger partial charge on any atom is -0.384 e. The maximum Gasteiger partial charge on any atom is 0.416 e. The van der Waals surface area contributed by atoms with E-state index in [1.54, 1.807) is 24.7 Å². The Balaban J connectivity index is 0.948. The molecule has 1 amide bonds. The number of nitrogens with one attached hydrogen (secondary N) is 1. The minimum atomic E-state index is -4.49. The Morgan fingerprint density at radius 3 is 2.52 bits per heavy atom. The van der Waals surface area contributed by atoms with Crippen LogP contribution in [-0.4, -0.2) is 78.7 Å². The number of amides is 1. The number of anilines is 1. The monoisotopic (exact) mass is 607 g/mol. The van der Waals surface area contributed by atoms with Crippen molar-refractivity contribution in [1.29, 1.82) is 0 Å². The first-order chi connectivity index (χ1) is 21.2. The molecule has 13 heteroatoms. The molecule has 1 aliphatic carbocycles. The standard InChI is InChI=1S/C31H32F3N7O3/c32-31(33,34)20-3-4-25-22(16-20)29(39-44-25)38-18-27(42)41-15-9-23-24(41)8-14-40(23)21-6-10-30(43,11-7-21)26-5-2-19(17-37-26)28-35-12-1-13-36-28/h1-5,12-13,16-17,21,23-24,43H,6-11,14-15,18H2,(H,38,39)/t21?,23-,24-,30?/m0/s1. The highest BCUT2D eigenvalue weighted by molar-refractivity contribution is 5.91. The molecule has 44 heavy (non-hydrogen) atoms. The Labute approximate surface area is 251 Å². The van der Waals surface area contributed by atoms with Gasteiger partial charge in [-0.2, -0.15) is 13.2 Å². The van der Waals surface area contributed by atoms with E-state index in [-0.39, 0.29) is 41.3 Å². The van der Waals surface area contributed by atoms with Crippen LogP contribution in [0.25, 0.3) is 22.4 Å². The van der Waals surface area contributed by atoms with Gasteiger partial charge in [0.25, 0.3) is 0 Å². The van der Waals surface area contributed by atoms with E-state index < -0.39 is 17.3 Å². The molecule has 0 unspecified atom stereocenters. The van der Waals surface area contributed by atoms with Gasteiger partial charge in [0.05, 0.1) is 23.2 Å². The number of carbonyl (C=O) groups is 1. The van der Waals surface area contributed by atoms with E-state index in [0.717, 1.165) is 49.9 Å². The predicted octanol–water partition coefficient (Wildman–Crippen LogP) is 4.62. The fourth-order valence-electron chi connectivity index (χ4n) is 7.20. The summed E-state index contributed by atoms with van der Waals surface area (Å²) in [5, 5.41) is 18.4. The number of alkyl halides is 3. The van der Waals surface area contributed by atoms with Crippen LogP contribution in [0.3, 0.4) is 0 Å². The molecule has 7 rings (SSSR count). The highest BCUT2D eigenvalue weighted by Gasteiger charge is 2.48. The van der Waals surface area contributed by atoms with Gasteiger partial charge in [-0.05, 0) is 74.9 Å². The van der Waals surface area contributed by atoms with Crippen LogP contribution in [0.2, 0.25) is 0 Å². The van der Waals surface area contributed by atoms with E-state index in [4.69, 9.17) is 4.52 Å². The van der Waals surface area contributed by atoms with Crippen LogP contribution in [0.15, 0.2) is 59.5 Å². The number of nitrogens with zero attached hydrogens (tertiary/aromatic N) is 6. The molecule has 10 nitrogen and oxygen atoms in total. The van der Waals surface area contributed by atoms with Crippen LogP contribution in [0.4, 0.5) is 19.0 Å². The molecular formula is C31H32F3N7O3. The molecule has 0 radical (unpaired) electrons. The number of benzene rings is 1. The molecule has 2 aliphatic heterocycles. The number of hydrogen-bond donors (Lipinski definition) is 2. The second-order valence-electron chi connectivity index (χ2n) is 11.9. The highest BCUT2D eigenvalue weighted by Crippen LogP contribution is 2.42. The smallest absolute Gasteiger partial charge is 0.384 e. The van der Waals surface area contributed by atoms with Gasteiger partial charge in [0.15, 0.2) is 17.2 Å². The average molecular weight is 608 g/mol. The fourth-order valence-corrected chi connectivity index (χ4v) is 7.20. The van der Waals surface area contributed by atoms with Crippen molar-refractivity contribution < 1.29 is 27.6 Å². The first kappa shape index (κ1) is 28.7. The summed E-state index contributed by atoms with van der Waals surface area (Å²) in [7, 11) is 0. The number of hydrogen-bond acceptors (Lipinski definition) is 9. The van der Waals surface area contributed by atoms with E-state index in [9.17, 15) is 23.1 Å². The second kappa shape index (κ2) is 11.1. The summed E-state index contributed by atoms with van der Waals surface area (Å²) in [6.07, 6.45) is 5.19. The first-order valence-corrected chi connectivity index (χ1v) is 14.9. The van der Waals surface area contributed by atoms with Gasteiger partial charge in [0, 0.05) is 55.4 Å². The normalized spacial score (nSPS) is 25.8. The zero-order chi connectivity index (χ0) is 30.5. The maximum atomic E-state index is 13.2. The van der Waals surface area contributed by atoms with E-state index in [1.807, 2.05) is 17.0 Å². The zero-order valence-corrected chi connectivity index (χ0v) is 23.9. The molecule has 2 N–H and O–H groups in total. The predicted molar refractivity (Wildman–Crippen MR) is 154 cm³/mol. The Bertz CT molecular complexity index is 1640. The molecule has 4 aromatic rings. The van der Waals surface area contributed by atoms with Crippen LogP contribution in [0, 0.1) is 0 Å². The van der Waals surface area contributed by atoms with Crippen molar-refractivity contribution in [1.82, 2.24) is 29.9 Å². The van der Waals surface area contributed by atoms with Crippen molar-refractivity contribution in [2.45, 2.75) is 68.4 Å². The molecule has 3 fully saturated rings. The van der Waals surface area contributed by atoms with E-state index in [1.165, 1.54) is 6.07 Å². The second-order valence-corrected chi connectivity index (χ2v) is 11.9. The van der Waals surface area contributed by atoms with Gasteiger partial charge in [0.1, 0.15) is 5.60 Å². The molecule has 3 aliphatic rings. The summed E-state index contributed by atoms with van der Waals surface area (Å²) in [6, 6.07) is 9.34. The van der Waals surface area contributed by atoms with Crippen LogP contribution < -0.4 is 5.32 Å². The Kier molecular flexibility index (Phi) is 7.24. The van der Waals surface area contributed by atoms with E-state index in [2.05, 4.69) is 30.3 Å². The van der Waals surface area contributed by atoms with Crippen molar-refractivity contribution in [3.63, 3.8) is 0 Å². The third-order valence-corrected chi connectivity index (χ3v) is 9.46. The van der Waals surface area contributed by atoms with Gasteiger partial charge in [0.2, 0.25) is 5.91 Å². The van der Waals surface area contributed by atoms with Crippen LogP contribution in [0.1, 0.15) is 49.8 Å². The SMILES string of the molecule is O=C(CNc1noc2ccc(C(F)(F)F)cc12)N1CC[C@H]2[C@@H]1CCN2C1CCC(O)(c2ccc(-c3ncccn3)cn2)CC1. The quantitative estimate of drug-likeness (QED) is 0.324. The zero-order valence-electron chi connectivity index (χ0n) is 23.9. The molecule has 230 valence electrons. The topological polar surface area (TPSA) is 121 Å². The summed E-state index contributed by atoms with van der Waals surface area (Å²) in [4.78, 5) is 30.7.